The van der Waals surface area contributed by atoms with Gasteiger partial charge in [-0.2, -0.15) is 0 Å². The molecular formula is C23H30N4O. The highest BCUT2D eigenvalue weighted by molar-refractivity contribution is 6.05. The van der Waals surface area contributed by atoms with Gasteiger partial charge in [-0.1, -0.05) is 12.1 Å². The van der Waals surface area contributed by atoms with Gasteiger partial charge in [-0.05, 0) is 81.0 Å². The van der Waals surface area contributed by atoms with Crippen LogP contribution in [0.2, 0.25) is 0 Å². The number of benzene rings is 2. The van der Waals surface area contributed by atoms with Crippen LogP contribution in [-0.4, -0.2) is 36.5 Å². The van der Waals surface area contributed by atoms with Gasteiger partial charge in [0, 0.05) is 30.4 Å². The molecule has 1 unspecified atom stereocenters. The van der Waals surface area contributed by atoms with Crippen LogP contribution in [0, 0.1) is 5.92 Å². The van der Waals surface area contributed by atoms with E-state index in [0.29, 0.717) is 23.0 Å². The van der Waals surface area contributed by atoms with Gasteiger partial charge in [0.2, 0.25) is 0 Å². The summed E-state index contributed by atoms with van der Waals surface area (Å²) in [7, 11) is 0. The molecule has 2 aromatic rings. The van der Waals surface area contributed by atoms with Gasteiger partial charge in [-0.15, -0.1) is 0 Å². The van der Waals surface area contributed by atoms with E-state index < -0.39 is 0 Å². The molecule has 28 heavy (non-hydrogen) atoms. The van der Waals surface area contributed by atoms with Crippen molar-refractivity contribution < 1.29 is 4.79 Å². The van der Waals surface area contributed by atoms with Gasteiger partial charge in [0.15, 0.2) is 0 Å². The number of rotatable bonds is 6. The van der Waals surface area contributed by atoms with E-state index in [1.165, 1.54) is 51.7 Å². The number of amides is 1. The first-order chi connectivity index (χ1) is 13.7. The molecule has 1 amide bonds. The number of carbonyl (C=O) groups is 1. The van der Waals surface area contributed by atoms with Crippen molar-refractivity contribution in [2.75, 3.05) is 36.0 Å². The Hall–Kier alpha value is -2.53. The fourth-order valence-corrected chi connectivity index (χ4v) is 3.91. The molecule has 1 heterocycles. The van der Waals surface area contributed by atoms with Gasteiger partial charge >= 0.3 is 0 Å². The van der Waals surface area contributed by atoms with Crippen LogP contribution in [-0.2, 0) is 0 Å². The maximum absolute atomic E-state index is 12.4. The summed E-state index contributed by atoms with van der Waals surface area (Å²) in [6, 6.07) is 15.5. The molecule has 0 aromatic heterocycles. The maximum Gasteiger partial charge on any atom is 0.255 e. The Labute approximate surface area is 167 Å². The van der Waals surface area contributed by atoms with Crippen molar-refractivity contribution in [3.63, 3.8) is 0 Å². The summed E-state index contributed by atoms with van der Waals surface area (Å²) in [6.07, 6.45) is 6.49. The second kappa shape index (κ2) is 8.65. The van der Waals surface area contributed by atoms with Crippen LogP contribution >= 0.6 is 0 Å². The van der Waals surface area contributed by atoms with Crippen LogP contribution in [0.1, 0.15) is 42.5 Å². The SMILES string of the molecule is Nc1ccccc1NC(=O)c1ccc(NC2CCCN(CC3CC3)CC2)cc1. The van der Waals surface area contributed by atoms with Crippen LogP contribution in [0.15, 0.2) is 48.5 Å². The Balaban J connectivity index is 1.30. The highest BCUT2D eigenvalue weighted by Crippen LogP contribution is 2.30. The van der Waals surface area contributed by atoms with Crippen LogP contribution < -0.4 is 16.4 Å². The zero-order valence-electron chi connectivity index (χ0n) is 16.4. The smallest absolute Gasteiger partial charge is 0.255 e. The van der Waals surface area contributed by atoms with E-state index in [0.717, 1.165) is 11.6 Å². The molecule has 4 N–H and O–H groups in total. The molecule has 0 spiro atoms. The number of nitrogen functional groups attached to an aromatic ring is 1. The first kappa shape index (κ1) is 18.8. The highest BCUT2D eigenvalue weighted by atomic mass is 16.1. The number of nitrogens with zero attached hydrogens (tertiary/aromatic N) is 1. The molecule has 2 aliphatic rings. The van der Waals surface area contributed by atoms with Crippen molar-refractivity contribution in [2.24, 2.45) is 5.92 Å². The molecular weight excluding hydrogens is 348 g/mol. The minimum Gasteiger partial charge on any atom is -0.397 e. The number of hydrogen-bond donors (Lipinski definition) is 3. The standard InChI is InChI=1S/C23H30N4O/c24-21-5-1-2-6-22(21)26-23(28)18-9-11-20(12-10-18)25-19-4-3-14-27(15-13-19)16-17-7-8-17/h1-2,5-6,9-12,17,19,25H,3-4,7-8,13-16,24H2,(H,26,28). The monoisotopic (exact) mass is 378 g/mol. The lowest BCUT2D eigenvalue weighted by Gasteiger charge is -2.20. The minimum absolute atomic E-state index is 0.144. The molecule has 0 bridgehead atoms. The number of nitrogens with one attached hydrogen (secondary N) is 2. The molecule has 1 saturated carbocycles. The third-order valence-electron chi connectivity index (χ3n) is 5.76. The fourth-order valence-electron chi connectivity index (χ4n) is 3.91. The van der Waals surface area contributed by atoms with Gasteiger partial charge in [0.05, 0.1) is 11.4 Å². The fraction of sp³-hybridized carbons (Fsp3) is 0.435. The lowest BCUT2D eigenvalue weighted by Crippen LogP contribution is -2.28. The van der Waals surface area contributed by atoms with E-state index in [9.17, 15) is 4.79 Å². The molecule has 0 radical (unpaired) electrons. The van der Waals surface area contributed by atoms with Gasteiger partial charge in [-0.3, -0.25) is 4.79 Å². The molecule has 4 rings (SSSR count). The Kier molecular flexibility index (Phi) is 5.81. The Morgan fingerprint density at radius 2 is 1.79 bits per heavy atom. The van der Waals surface area contributed by atoms with Gasteiger partial charge in [0.25, 0.3) is 5.91 Å². The summed E-state index contributed by atoms with van der Waals surface area (Å²) in [5.74, 6) is 0.823. The average molecular weight is 379 g/mol. The van der Waals surface area contributed by atoms with E-state index in [1.807, 2.05) is 42.5 Å². The molecule has 148 valence electrons. The van der Waals surface area contributed by atoms with Crippen molar-refractivity contribution in [1.82, 2.24) is 4.90 Å². The van der Waals surface area contributed by atoms with Gasteiger partial charge in [-0.25, -0.2) is 0 Å². The molecule has 2 aromatic carbocycles. The van der Waals surface area contributed by atoms with E-state index in [4.69, 9.17) is 5.73 Å². The van der Waals surface area contributed by atoms with Gasteiger partial charge < -0.3 is 21.3 Å². The molecule has 1 atom stereocenters. The van der Waals surface area contributed by atoms with Crippen molar-refractivity contribution in [2.45, 2.75) is 38.1 Å². The predicted molar refractivity (Wildman–Crippen MR) is 116 cm³/mol. The number of anilines is 3. The quantitative estimate of drug-likeness (QED) is 0.659. The number of carbonyl (C=O) groups excluding carboxylic acids is 1. The third-order valence-corrected chi connectivity index (χ3v) is 5.76. The summed E-state index contributed by atoms with van der Waals surface area (Å²) in [5, 5.41) is 6.53. The number of para-hydroxylation sites is 2. The molecule has 2 fully saturated rings. The van der Waals surface area contributed by atoms with Crippen LogP contribution in [0.5, 0.6) is 0 Å². The number of nitrogens with two attached hydrogens (primary N) is 1. The predicted octanol–water partition coefficient (Wildman–Crippen LogP) is 4.20. The van der Waals surface area contributed by atoms with E-state index >= 15 is 0 Å². The van der Waals surface area contributed by atoms with Crippen LogP contribution in [0.4, 0.5) is 17.1 Å². The molecule has 5 nitrogen and oxygen atoms in total. The second-order valence-electron chi connectivity index (χ2n) is 8.13. The van der Waals surface area contributed by atoms with E-state index in [2.05, 4.69) is 15.5 Å². The van der Waals surface area contributed by atoms with Crippen molar-refractivity contribution >= 4 is 23.0 Å². The third kappa shape index (κ3) is 5.04. The van der Waals surface area contributed by atoms with Crippen molar-refractivity contribution in [3.05, 3.63) is 54.1 Å². The summed E-state index contributed by atoms with van der Waals surface area (Å²) in [5.41, 5.74) is 8.82. The summed E-state index contributed by atoms with van der Waals surface area (Å²) in [6.45, 7) is 3.71. The van der Waals surface area contributed by atoms with Crippen molar-refractivity contribution in [1.29, 1.82) is 0 Å². The zero-order valence-corrected chi connectivity index (χ0v) is 16.4. The normalized spacial score (nSPS) is 20.4. The summed E-state index contributed by atoms with van der Waals surface area (Å²) >= 11 is 0. The van der Waals surface area contributed by atoms with Crippen molar-refractivity contribution in [3.8, 4) is 0 Å². The lowest BCUT2D eigenvalue weighted by atomic mass is 10.1. The lowest BCUT2D eigenvalue weighted by molar-refractivity contribution is 0.102. The topological polar surface area (TPSA) is 70.4 Å². The molecule has 1 aliphatic heterocycles. The van der Waals surface area contributed by atoms with Crippen LogP contribution in [0.3, 0.4) is 0 Å². The van der Waals surface area contributed by atoms with Crippen LogP contribution in [0.25, 0.3) is 0 Å². The summed E-state index contributed by atoms with van der Waals surface area (Å²) in [4.78, 5) is 15.1. The van der Waals surface area contributed by atoms with E-state index in [-0.39, 0.29) is 5.91 Å². The van der Waals surface area contributed by atoms with E-state index in [1.54, 1.807) is 6.07 Å². The van der Waals surface area contributed by atoms with Gasteiger partial charge in [0.1, 0.15) is 0 Å². The second-order valence-corrected chi connectivity index (χ2v) is 8.13. The summed E-state index contributed by atoms with van der Waals surface area (Å²) < 4.78 is 0. The number of likely N-dealkylation sites (tertiary alicyclic amines) is 1. The first-order valence-corrected chi connectivity index (χ1v) is 10.4. The Morgan fingerprint density at radius 1 is 1.00 bits per heavy atom. The largest absolute Gasteiger partial charge is 0.397 e. The maximum atomic E-state index is 12.4. The average Bonchev–Trinajstić information content (AvgIpc) is 3.53. The first-order valence-electron chi connectivity index (χ1n) is 10.4. The zero-order chi connectivity index (χ0) is 19.3. The molecule has 1 saturated heterocycles. The Bertz CT molecular complexity index is 801. The Morgan fingerprint density at radius 3 is 2.54 bits per heavy atom. The molecule has 5 heteroatoms. The molecule has 1 aliphatic carbocycles. The highest BCUT2D eigenvalue weighted by Gasteiger charge is 2.25. The number of hydrogen-bond acceptors (Lipinski definition) is 4. The minimum atomic E-state index is -0.144.